The third kappa shape index (κ3) is 7.69. The molecule has 1 aliphatic rings. The highest BCUT2D eigenvalue weighted by Gasteiger charge is 2.20. The van der Waals surface area contributed by atoms with Gasteiger partial charge >= 0.3 is 0 Å². The number of anilines is 1. The standard InChI is InChI=1S/C39H43ClN4O5/c1-39(2,3)26-10-11-34(46-5)32(21-26)42-38(45)27-9-7-8-25-20-35(30(40)22-28(25)27)49-33-12-13-41-31-24-37(36(47-6)23-29(31)33)48-19-18-44-16-14-43(4)15-17-44/h7-13,20-24H,14-19H2,1-6H3,(H,42,45). The minimum atomic E-state index is -0.270. The van der Waals surface area contributed by atoms with Crippen molar-refractivity contribution in [2.75, 3.05) is 65.9 Å². The van der Waals surface area contributed by atoms with E-state index in [0.717, 1.165) is 49.1 Å². The van der Waals surface area contributed by atoms with Crippen molar-refractivity contribution in [1.82, 2.24) is 14.8 Å². The van der Waals surface area contributed by atoms with Gasteiger partial charge in [-0.05, 0) is 71.3 Å². The summed E-state index contributed by atoms with van der Waals surface area (Å²) in [7, 11) is 5.36. The van der Waals surface area contributed by atoms with Crippen LogP contribution in [0.1, 0.15) is 36.7 Å². The van der Waals surface area contributed by atoms with Gasteiger partial charge < -0.3 is 29.2 Å². The maximum atomic E-state index is 13.7. The summed E-state index contributed by atoms with van der Waals surface area (Å²) in [5, 5.41) is 5.66. The summed E-state index contributed by atoms with van der Waals surface area (Å²) >= 11 is 6.83. The summed E-state index contributed by atoms with van der Waals surface area (Å²) in [4.78, 5) is 23.0. The van der Waals surface area contributed by atoms with E-state index in [1.165, 1.54) is 0 Å². The van der Waals surface area contributed by atoms with Crippen molar-refractivity contribution >= 4 is 44.9 Å². The molecule has 0 spiro atoms. The first-order valence-corrected chi connectivity index (χ1v) is 16.8. The van der Waals surface area contributed by atoms with Crippen molar-refractivity contribution in [1.29, 1.82) is 0 Å². The average Bonchev–Trinajstić information content (AvgIpc) is 3.08. The number of likely N-dealkylation sites (N-methyl/N-ethyl adjacent to an activating group) is 1. The maximum absolute atomic E-state index is 13.7. The topological polar surface area (TPSA) is 85.4 Å². The van der Waals surface area contributed by atoms with Crippen LogP contribution >= 0.6 is 11.6 Å². The summed E-state index contributed by atoms with van der Waals surface area (Å²) in [5.41, 5.74) is 2.77. The lowest BCUT2D eigenvalue weighted by Gasteiger charge is -2.32. The SMILES string of the molecule is COc1ccc(C(C)(C)C)cc1NC(=O)c1cccc2cc(Oc3ccnc4cc(OCCN5CCN(C)CC5)c(OC)cc34)c(Cl)cc12. The number of halogens is 1. The van der Waals surface area contributed by atoms with Gasteiger partial charge in [0.05, 0.1) is 30.4 Å². The quantitative estimate of drug-likeness (QED) is 0.159. The van der Waals surface area contributed by atoms with Crippen LogP contribution in [-0.2, 0) is 5.41 Å². The number of hydrogen-bond donors (Lipinski definition) is 1. The molecular formula is C39H43ClN4O5. The number of amides is 1. The molecule has 10 heteroatoms. The van der Waals surface area contributed by atoms with Gasteiger partial charge in [-0.2, -0.15) is 0 Å². The van der Waals surface area contributed by atoms with Gasteiger partial charge in [0, 0.05) is 55.9 Å². The Hall–Kier alpha value is -4.57. The van der Waals surface area contributed by atoms with E-state index in [2.05, 4.69) is 47.9 Å². The molecule has 1 fully saturated rings. The molecule has 1 aliphatic heterocycles. The molecule has 4 aromatic carbocycles. The minimum absolute atomic E-state index is 0.0962. The van der Waals surface area contributed by atoms with Gasteiger partial charge in [-0.25, -0.2) is 0 Å². The van der Waals surface area contributed by atoms with Crippen LogP contribution in [0, 0.1) is 0 Å². The van der Waals surface area contributed by atoms with E-state index in [0.29, 0.717) is 62.5 Å². The number of nitrogens with zero attached hydrogens (tertiary/aromatic N) is 3. The summed E-state index contributed by atoms with van der Waals surface area (Å²) < 4.78 is 23.8. The Balaban J connectivity index is 1.24. The zero-order valence-electron chi connectivity index (χ0n) is 28.9. The summed E-state index contributed by atoms with van der Waals surface area (Å²) in [6.45, 7) is 12.0. The maximum Gasteiger partial charge on any atom is 0.256 e. The van der Waals surface area contributed by atoms with Gasteiger partial charge in [0.15, 0.2) is 11.5 Å². The molecular weight excluding hydrogens is 640 g/mol. The van der Waals surface area contributed by atoms with Crippen LogP contribution in [-0.4, -0.2) is 81.3 Å². The molecule has 1 saturated heterocycles. The number of carbonyl (C=O) groups excluding carboxylic acids is 1. The molecule has 9 nitrogen and oxygen atoms in total. The van der Waals surface area contributed by atoms with Crippen LogP contribution < -0.4 is 24.3 Å². The largest absolute Gasteiger partial charge is 0.495 e. The Morgan fingerprint density at radius 1 is 0.857 bits per heavy atom. The molecule has 49 heavy (non-hydrogen) atoms. The predicted molar refractivity (Wildman–Crippen MR) is 196 cm³/mol. The first kappa shape index (κ1) is 34.3. The third-order valence-corrected chi connectivity index (χ3v) is 9.25. The second-order valence-corrected chi connectivity index (χ2v) is 13.8. The number of rotatable bonds is 10. The van der Waals surface area contributed by atoms with Crippen molar-refractivity contribution in [3.05, 3.63) is 89.1 Å². The van der Waals surface area contributed by atoms with E-state index < -0.39 is 0 Å². The number of benzene rings is 4. The molecule has 0 atom stereocenters. The normalized spacial score (nSPS) is 14.2. The Kier molecular flexibility index (Phi) is 10.2. The van der Waals surface area contributed by atoms with E-state index >= 15 is 0 Å². The monoisotopic (exact) mass is 682 g/mol. The van der Waals surface area contributed by atoms with Crippen LogP contribution in [0.4, 0.5) is 5.69 Å². The van der Waals surface area contributed by atoms with Gasteiger partial charge in [-0.3, -0.25) is 14.7 Å². The molecule has 1 N–H and O–H groups in total. The molecule has 0 saturated carbocycles. The number of hydrogen-bond acceptors (Lipinski definition) is 8. The second kappa shape index (κ2) is 14.5. The highest BCUT2D eigenvalue weighted by molar-refractivity contribution is 6.33. The summed E-state index contributed by atoms with van der Waals surface area (Å²) in [6.07, 6.45) is 1.69. The molecule has 6 rings (SSSR count). The first-order chi connectivity index (χ1) is 23.5. The lowest BCUT2D eigenvalue weighted by atomic mass is 9.87. The minimum Gasteiger partial charge on any atom is -0.495 e. The summed E-state index contributed by atoms with van der Waals surface area (Å²) in [6, 6.07) is 20.5. The highest BCUT2D eigenvalue weighted by Crippen LogP contribution is 2.40. The zero-order valence-corrected chi connectivity index (χ0v) is 29.7. The Morgan fingerprint density at radius 3 is 2.37 bits per heavy atom. The molecule has 1 amide bonds. The van der Waals surface area contributed by atoms with Crippen molar-refractivity contribution in [2.24, 2.45) is 0 Å². The number of pyridine rings is 1. The molecule has 0 aliphatic carbocycles. The van der Waals surface area contributed by atoms with Gasteiger partial charge in [-0.15, -0.1) is 0 Å². The number of ether oxygens (including phenoxy) is 4. The fraction of sp³-hybridized carbons (Fsp3) is 0.333. The number of aromatic nitrogens is 1. The summed E-state index contributed by atoms with van der Waals surface area (Å²) in [5.74, 6) is 2.55. The zero-order chi connectivity index (χ0) is 34.7. The molecule has 0 radical (unpaired) electrons. The van der Waals surface area contributed by atoms with E-state index in [9.17, 15) is 4.79 Å². The van der Waals surface area contributed by atoms with E-state index in [1.807, 2.05) is 48.5 Å². The van der Waals surface area contributed by atoms with Crippen LogP contribution in [0.15, 0.2) is 72.9 Å². The van der Waals surface area contributed by atoms with Gasteiger partial charge in [0.25, 0.3) is 5.91 Å². The molecule has 0 bridgehead atoms. The average molecular weight is 683 g/mol. The Labute approximate surface area is 292 Å². The lowest BCUT2D eigenvalue weighted by molar-refractivity contribution is 0.102. The van der Waals surface area contributed by atoms with Crippen LogP contribution in [0.2, 0.25) is 5.02 Å². The lowest BCUT2D eigenvalue weighted by Crippen LogP contribution is -2.45. The predicted octanol–water partition coefficient (Wildman–Crippen LogP) is 8.03. The number of nitrogens with one attached hydrogen (secondary N) is 1. The van der Waals surface area contributed by atoms with Crippen molar-refractivity contribution in [3.63, 3.8) is 0 Å². The fourth-order valence-electron chi connectivity index (χ4n) is 5.98. The molecule has 256 valence electrons. The van der Waals surface area contributed by atoms with E-state index in [-0.39, 0.29) is 11.3 Å². The second-order valence-electron chi connectivity index (χ2n) is 13.4. The van der Waals surface area contributed by atoms with Crippen LogP contribution in [0.25, 0.3) is 21.7 Å². The van der Waals surface area contributed by atoms with Gasteiger partial charge in [-0.1, -0.05) is 50.6 Å². The fourth-order valence-corrected chi connectivity index (χ4v) is 6.18. The number of fused-ring (bicyclic) bond motifs is 2. The number of piperazine rings is 1. The number of methoxy groups -OCH3 is 2. The van der Waals surface area contributed by atoms with Gasteiger partial charge in [0.1, 0.15) is 23.9 Å². The van der Waals surface area contributed by atoms with Crippen LogP contribution in [0.3, 0.4) is 0 Å². The highest BCUT2D eigenvalue weighted by atomic mass is 35.5. The van der Waals surface area contributed by atoms with E-state index in [1.54, 1.807) is 38.6 Å². The van der Waals surface area contributed by atoms with Crippen LogP contribution in [0.5, 0.6) is 28.7 Å². The number of carbonyl (C=O) groups is 1. The molecule has 1 aromatic heterocycles. The smallest absolute Gasteiger partial charge is 0.256 e. The molecule has 2 heterocycles. The van der Waals surface area contributed by atoms with Crippen molar-refractivity contribution in [2.45, 2.75) is 26.2 Å². The van der Waals surface area contributed by atoms with Crippen molar-refractivity contribution < 1.29 is 23.7 Å². The van der Waals surface area contributed by atoms with Gasteiger partial charge in [0.2, 0.25) is 0 Å². The molecule has 5 aromatic rings. The first-order valence-electron chi connectivity index (χ1n) is 16.4. The van der Waals surface area contributed by atoms with Crippen molar-refractivity contribution in [3.8, 4) is 28.7 Å². The third-order valence-electron chi connectivity index (χ3n) is 8.96. The molecule has 0 unspecified atom stereocenters. The Morgan fingerprint density at radius 2 is 1.63 bits per heavy atom. The Bertz CT molecular complexity index is 1990. The van der Waals surface area contributed by atoms with E-state index in [4.69, 9.17) is 30.5 Å².